The van der Waals surface area contributed by atoms with Gasteiger partial charge in [0.15, 0.2) is 0 Å². The Hall–Kier alpha value is -3.68. The van der Waals surface area contributed by atoms with Crippen molar-refractivity contribution in [3.63, 3.8) is 0 Å². The number of pyridine rings is 1. The molecule has 0 fully saturated rings. The Morgan fingerprint density at radius 1 is 0.714 bits per heavy atom. The van der Waals surface area contributed by atoms with Gasteiger partial charge in [-0.3, -0.25) is 9.59 Å². The number of nitrogens with one attached hydrogen (secondary N) is 2. The summed E-state index contributed by atoms with van der Waals surface area (Å²) >= 11 is 0. The lowest BCUT2D eigenvalue weighted by Crippen LogP contribution is -2.21. The Labute approximate surface area is 158 Å². The van der Waals surface area contributed by atoms with Crippen molar-refractivity contribution in [2.24, 2.45) is 0 Å². The van der Waals surface area contributed by atoms with E-state index in [1.165, 1.54) is 0 Å². The summed E-state index contributed by atoms with van der Waals surface area (Å²) in [5.41, 5.74) is -1.39. The van der Waals surface area contributed by atoms with Crippen LogP contribution in [-0.4, -0.2) is 16.8 Å². The van der Waals surface area contributed by atoms with E-state index in [4.69, 9.17) is 0 Å². The Morgan fingerprint density at radius 3 is 1.46 bits per heavy atom. The molecule has 1 heterocycles. The summed E-state index contributed by atoms with van der Waals surface area (Å²) in [6.07, 6.45) is -4.74. The summed E-state index contributed by atoms with van der Waals surface area (Å²) in [5, 5.41) is 4.90. The minimum Gasteiger partial charge on any atom is -0.321 e. The number of hydrogen-bond acceptors (Lipinski definition) is 3. The van der Waals surface area contributed by atoms with Crippen LogP contribution >= 0.6 is 0 Å². The summed E-state index contributed by atoms with van der Waals surface area (Å²) in [4.78, 5) is 28.5. The Kier molecular flexibility index (Phi) is 5.39. The third kappa shape index (κ3) is 4.73. The van der Waals surface area contributed by atoms with Crippen LogP contribution < -0.4 is 10.6 Å². The number of benzene rings is 2. The van der Waals surface area contributed by atoms with Gasteiger partial charge in [0.25, 0.3) is 11.8 Å². The Bertz CT molecular complexity index is 919. The molecule has 0 aliphatic rings. The molecule has 0 saturated carbocycles. The van der Waals surface area contributed by atoms with Crippen molar-refractivity contribution in [1.82, 2.24) is 4.98 Å². The van der Waals surface area contributed by atoms with Gasteiger partial charge in [-0.25, -0.2) is 4.98 Å². The minimum absolute atomic E-state index is 0.391. The molecule has 3 aromatic rings. The Balaban J connectivity index is 1.93. The van der Waals surface area contributed by atoms with Gasteiger partial charge < -0.3 is 10.6 Å². The summed E-state index contributed by atoms with van der Waals surface area (Å²) in [7, 11) is 0. The van der Waals surface area contributed by atoms with Crippen molar-refractivity contribution in [2.45, 2.75) is 6.18 Å². The van der Waals surface area contributed by atoms with E-state index in [0.717, 1.165) is 0 Å². The lowest BCUT2D eigenvalue weighted by atomic mass is 10.1. The molecule has 0 bridgehead atoms. The number of nitrogens with zero attached hydrogens (tertiary/aromatic N) is 1. The highest BCUT2D eigenvalue weighted by molar-refractivity contribution is 6.06. The maximum atomic E-state index is 13.2. The van der Waals surface area contributed by atoms with Crippen LogP contribution in [0.4, 0.5) is 24.5 Å². The third-order valence-corrected chi connectivity index (χ3v) is 3.68. The number of carbonyl (C=O) groups is 2. The van der Waals surface area contributed by atoms with Gasteiger partial charge in [-0.2, -0.15) is 13.2 Å². The van der Waals surface area contributed by atoms with E-state index in [1.54, 1.807) is 60.7 Å². The van der Waals surface area contributed by atoms with Crippen molar-refractivity contribution in [3.05, 3.63) is 89.7 Å². The minimum atomic E-state index is -4.74. The quantitative estimate of drug-likeness (QED) is 0.689. The molecule has 0 spiro atoms. The first-order valence-corrected chi connectivity index (χ1v) is 8.15. The molecular formula is C20H14F3N3O2. The predicted octanol–water partition coefficient (Wildman–Crippen LogP) is 4.61. The number of hydrogen-bond donors (Lipinski definition) is 2. The first-order valence-electron chi connectivity index (χ1n) is 8.15. The number of halogens is 3. The molecule has 0 aliphatic heterocycles. The number of rotatable bonds is 4. The van der Waals surface area contributed by atoms with Gasteiger partial charge in [-0.05, 0) is 36.4 Å². The summed E-state index contributed by atoms with van der Waals surface area (Å²) < 4.78 is 39.7. The molecule has 8 heteroatoms. The molecule has 0 unspecified atom stereocenters. The first-order chi connectivity index (χ1) is 13.3. The molecule has 28 heavy (non-hydrogen) atoms. The maximum Gasteiger partial charge on any atom is 0.416 e. The van der Waals surface area contributed by atoms with Crippen LogP contribution in [0, 0.1) is 0 Å². The number of carbonyl (C=O) groups excluding carboxylic acids is 2. The van der Waals surface area contributed by atoms with Gasteiger partial charge in [0, 0.05) is 11.4 Å². The van der Waals surface area contributed by atoms with Crippen LogP contribution in [-0.2, 0) is 6.18 Å². The lowest BCUT2D eigenvalue weighted by Gasteiger charge is -2.12. The number of aromatic nitrogens is 1. The number of amides is 2. The van der Waals surface area contributed by atoms with Gasteiger partial charge in [-0.15, -0.1) is 0 Å². The van der Waals surface area contributed by atoms with E-state index >= 15 is 0 Å². The van der Waals surface area contributed by atoms with Gasteiger partial charge in [-0.1, -0.05) is 36.4 Å². The average molecular weight is 385 g/mol. The zero-order valence-electron chi connectivity index (χ0n) is 14.3. The van der Waals surface area contributed by atoms with Crippen LogP contribution in [0.5, 0.6) is 0 Å². The normalized spacial score (nSPS) is 11.0. The first kappa shape index (κ1) is 19.1. The molecule has 1 aromatic heterocycles. The number of para-hydroxylation sites is 2. The van der Waals surface area contributed by atoms with Gasteiger partial charge in [0.2, 0.25) is 0 Å². The average Bonchev–Trinajstić information content (AvgIpc) is 2.68. The lowest BCUT2D eigenvalue weighted by molar-refractivity contribution is -0.137. The summed E-state index contributed by atoms with van der Waals surface area (Å²) in [6, 6.07) is 17.6. The van der Waals surface area contributed by atoms with Crippen molar-refractivity contribution in [2.75, 3.05) is 10.6 Å². The van der Waals surface area contributed by atoms with Crippen molar-refractivity contribution in [1.29, 1.82) is 0 Å². The van der Waals surface area contributed by atoms with Crippen LogP contribution in [0.1, 0.15) is 26.5 Å². The molecule has 142 valence electrons. The van der Waals surface area contributed by atoms with E-state index in [9.17, 15) is 22.8 Å². The largest absolute Gasteiger partial charge is 0.416 e. The monoisotopic (exact) mass is 385 g/mol. The smallest absolute Gasteiger partial charge is 0.321 e. The molecule has 2 amide bonds. The second kappa shape index (κ2) is 7.91. The van der Waals surface area contributed by atoms with Crippen LogP contribution in [0.15, 0.2) is 72.8 Å². The van der Waals surface area contributed by atoms with Crippen molar-refractivity contribution in [3.8, 4) is 0 Å². The molecule has 0 aliphatic carbocycles. The second-order valence-electron chi connectivity index (χ2n) is 5.76. The maximum absolute atomic E-state index is 13.2. The fourth-order valence-electron chi connectivity index (χ4n) is 2.36. The van der Waals surface area contributed by atoms with Crippen molar-refractivity contribution >= 4 is 23.2 Å². The molecule has 0 radical (unpaired) electrons. The molecule has 5 nitrogen and oxygen atoms in total. The zero-order valence-corrected chi connectivity index (χ0v) is 14.3. The number of alkyl halides is 3. The standard InChI is InChI=1S/C20H14F3N3O2/c21-20(22,23)13-11-16(18(27)24-14-7-3-1-4-8-14)26-17(12-13)19(28)25-15-9-5-2-6-10-15/h1-12H,(H,24,27)(H,25,28). The van der Waals surface area contributed by atoms with E-state index in [-0.39, 0.29) is 0 Å². The number of anilines is 2. The van der Waals surface area contributed by atoms with E-state index in [2.05, 4.69) is 15.6 Å². The highest BCUT2D eigenvalue weighted by atomic mass is 19.4. The van der Waals surface area contributed by atoms with Crippen LogP contribution in [0.25, 0.3) is 0 Å². The van der Waals surface area contributed by atoms with Gasteiger partial charge in [0.1, 0.15) is 11.4 Å². The zero-order chi connectivity index (χ0) is 20.1. The molecule has 2 aromatic carbocycles. The third-order valence-electron chi connectivity index (χ3n) is 3.68. The fourth-order valence-corrected chi connectivity index (χ4v) is 2.36. The topological polar surface area (TPSA) is 71.1 Å². The Morgan fingerprint density at radius 2 is 1.11 bits per heavy atom. The highest BCUT2D eigenvalue weighted by Gasteiger charge is 2.33. The SMILES string of the molecule is O=C(Nc1ccccc1)c1cc(C(F)(F)F)cc(C(=O)Nc2ccccc2)n1. The van der Waals surface area contributed by atoms with E-state index in [0.29, 0.717) is 23.5 Å². The van der Waals surface area contributed by atoms with E-state index < -0.39 is 34.9 Å². The predicted molar refractivity (Wildman–Crippen MR) is 98.0 cm³/mol. The second-order valence-corrected chi connectivity index (χ2v) is 5.76. The van der Waals surface area contributed by atoms with Crippen molar-refractivity contribution < 1.29 is 22.8 Å². The summed E-state index contributed by atoms with van der Waals surface area (Å²) in [6.45, 7) is 0. The summed E-state index contributed by atoms with van der Waals surface area (Å²) in [5.74, 6) is -1.71. The van der Waals surface area contributed by atoms with E-state index in [1.807, 2.05) is 0 Å². The van der Waals surface area contributed by atoms with Gasteiger partial charge in [0.05, 0.1) is 5.56 Å². The molecule has 0 atom stereocenters. The fraction of sp³-hybridized carbons (Fsp3) is 0.0500. The molecule has 0 saturated heterocycles. The molecule has 2 N–H and O–H groups in total. The highest BCUT2D eigenvalue weighted by Crippen LogP contribution is 2.30. The van der Waals surface area contributed by atoms with Crippen LogP contribution in [0.3, 0.4) is 0 Å². The molecule has 3 rings (SSSR count). The molecular weight excluding hydrogens is 371 g/mol. The van der Waals surface area contributed by atoms with Crippen LogP contribution in [0.2, 0.25) is 0 Å². The van der Waals surface area contributed by atoms with Gasteiger partial charge >= 0.3 is 6.18 Å².